The molecule has 9 heteroatoms. The maximum absolute atomic E-state index is 14.1. The summed E-state index contributed by atoms with van der Waals surface area (Å²) in [6, 6.07) is 11.1. The van der Waals surface area contributed by atoms with Crippen LogP contribution in [0.4, 0.5) is 13.2 Å². The number of nitrogens with zero attached hydrogens (tertiary/aromatic N) is 5. The largest absolute Gasteiger partial charge is 0.408 e. The van der Waals surface area contributed by atoms with E-state index in [-0.39, 0.29) is 18.2 Å². The first-order chi connectivity index (χ1) is 15.9. The molecule has 1 aromatic carbocycles. The molecule has 4 heterocycles. The Hall–Kier alpha value is -3.04. The van der Waals surface area contributed by atoms with Crippen molar-refractivity contribution in [2.45, 2.75) is 43.4 Å². The highest BCUT2D eigenvalue weighted by molar-refractivity contribution is 5.84. The van der Waals surface area contributed by atoms with Gasteiger partial charge in [0.15, 0.2) is 11.5 Å². The van der Waals surface area contributed by atoms with Crippen molar-refractivity contribution in [1.82, 2.24) is 24.5 Å². The number of nitrogens with two attached hydrogens (primary N) is 1. The smallest absolute Gasteiger partial charge is 0.326 e. The van der Waals surface area contributed by atoms with Gasteiger partial charge in [-0.05, 0) is 48.4 Å². The highest BCUT2D eigenvalue weighted by Crippen LogP contribution is 2.43. The fraction of sp³-hybridized carbons (Fsp3) is 0.375. The van der Waals surface area contributed by atoms with Crippen molar-refractivity contribution in [3.63, 3.8) is 0 Å². The quantitative estimate of drug-likeness (QED) is 0.495. The maximum Gasteiger partial charge on any atom is 0.408 e. The van der Waals surface area contributed by atoms with Gasteiger partial charge in [0.2, 0.25) is 0 Å². The molecular formula is C24H23F3N6. The van der Waals surface area contributed by atoms with E-state index in [9.17, 15) is 13.2 Å². The molecule has 0 radical (unpaired) electrons. The molecule has 6 rings (SSSR count). The van der Waals surface area contributed by atoms with Crippen LogP contribution in [0.15, 0.2) is 48.7 Å². The Bertz CT molecular complexity index is 1340. The molecule has 2 atom stereocenters. The molecule has 4 aromatic rings. The standard InChI is InChI=1S/C24H23F3N6/c25-24(26,27)22(32-11-10-17(28)13-32)16-7-9-20-30-31-23(33(20)12-16)19-8-6-15-2-1-3-18(14-4-5-14)21(15)29-19/h1-3,6-9,12,14,17,22H,4-5,10-11,13,28H2/t17-,22-/m1/s1. The van der Waals surface area contributed by atoms with Crippen LogP contribution in [0, 0.1) is 0 Å². The van der Waals surface area contributed by atoms with E-state index in [1.165, 1.54) is 22.7 Å². The highest BCUT2D eigenvalue weighted by atomic mass is 19.4. The van der Waals surface area contributed by atoms with Crippen molar-refractivity contribution in [2.24, 2.45) is 5.73 Å². The van der Waals surface area contributed by atoms with Crippen LogP contribution in [-0.4, -0.2) is 49.8 Å². The van der Waals surface area contributed by atoms with Gasteiger partial charge in [0.25, 0.3) is 0 Å². The Morgan fingerprint density at radius 3 is 2.58 bits per heavy atom. The molecule has 0 bridgehead atoms. The van der Waals surface area contributed by atoms with Gasteiger partial charge in [0.1, 0.15) is 11.7 Å². The SMILES string of the molecule is N[C@@H]1CCN([C@H](c2ccc3nnc(-c4ccc5cccc(C6CC6)c5n4)n3c2)C(F)(F)F)C1. The minimum atomic E-state index is -4.42. The minimum absolute atomic E-state index is 0.143. The van der Waals surface area contributed by atoms with Crippen LogP contribution < -0.4 is 5.73 Å². The Labute approximate surface area is 188 Å². The number of para-hydroxylation sites is 1. The molecule has 0 spiro atoms. The normalized spacial score (nSPS) is 20.7. The molecule has 1 aliphatic carbocycles. The van der Waals surface area contributed by atoms with Crippen molar-refractivity contribution in [3.05, 3.63) is 59.8 Å². The van der Waals surface area contributed by atoms with Gasteiger partial charge in [0, 0.05) is 30.7 Å². The van der Waals surface area contributed by atoms with Gasteiger partial charge >= 0.3 is 6.18 Å². The predicted octanol–water partition coefficient (Wildman–Crippen LogP) is 4.46. The van der Waals surface area contributed by atoms with Crippen LogP contribution in [0.3, 0.4) is 0 Å². The third-order valence-electron chi connectivity index (χ3n) is 6.67. The van der Waals surface area contributed by atoms with Gasteiger partial charge in [-0.1, -0.05) is 30.3 Å². The molecule has 170 valence electrons. The van der Waals surface area contributed by atoms with Gasteiger partial charge in [-0.2, -0.15) is 13.2 Å². The number of fused-ring (bicyclic) bond motifs is 2. The van der Waals surface area contributed by atoms with E-state index in [0.29, 0.717) is 36.0 Å². The fourth-order valence-electron chi connectivity index (χ4n) is 4.92. The van der Waals surface area contributed by atoms with E-state index in [4.69, 9.17) is 10.7 Å². The lowest BCUT2D eigenvalue weighted by Gasteiger charge is -2.30. The number of pyridine rings is 2. The van der Waals surface area contributed by atoms with Crippen molar-refractivity contribution in [2.75, 3.05) is 13.1 Å². The van der Waals surface area contributed by atoms with Crippen LogP contribution in [0.25, 0.3) is 28.1 Å². The first kappa shape index (κ1) is 20.6. The average molecular weight is 452 g/mol. The Kier molecular flexibility index (Phi) is 4.67. The number of likely N-dealkylation sites (tertiary alicyclic amines) is 1. The monoisotopic (exact) mass is 452 g/mol. The van der Waals surface area contributed by atoms with E-state index in [1.54, 1.807) is 10.5 Å². The lowest BCUT2D eigenvalue weighted by molar-refractivity contribution is -0.183. The fourth-order valence-corrected chi connectivity index (χ4v) is 4.92. The van der Waals surface area contributed by atoms with Crippen molar-refractivity contribution >= 4 is 16.6 Å². The molecule has 3 aromatic heterocycles. The third kappa shape index (κ3) is 3.65. The molecular weight excluding hydrogens is 429 g/mol. The topological polar surface area (TPSA) is 72.3 Å². The van der Waals surface area contributed by atoms with E-state index >= 15 is 0 Å². The number of rotatable bonds is 4. The summed E-state index contributed by atoms with van der Waals surface area (Å²) in [5.74, 6) is 0.955. The number of hydrogen-bond acceptors (Lipinski definition) is 5. The van der Waals surface area contributed by atoms with Crippen LogP contribution in [-0.2, 0) is 0 Å². The lowest BCUT2D eigenvalue weighted by atomic mass is 10.1. The summed E-state index contributed by atoms with van der Waals surface area (Å²) in [4.78, 5) is 6.28. The van der Waals surface area contributed by atoms with Gasteiger partial charge in [0.05, 0.1) is 5.52 Å². The van der Waals surface area contributed by atoms with Gasteiger partial charge < -0.3 is 5.73 Å². The van der Waals surface area contributed by atoms with Crippen LogP contribution in [0.2, 0.25) is 0 Å². The van der Waals surface area contributed by atoms with Crippen molar-refractivity contribution in [1.29, 1.82) is 0 Å². The Morgan fingerprint density at radius 2 is 1.85 bits per heavy atom. The molecule has 2 N–H and O–H groups in total. The summed E-state index contributed by atoms with van der Waals surface area (Å²) in [6.45, 7) is 0.530. The second kappa shape index (κ2) is 7.50. The van der Waals surface area contributed by atoms with Crippen molar-refractivity contribution in [3.8, 4) is 11.5 Å². The first-order valence-electron chi connectivity index (χ1n) is 11.2. The van der Waals surface area contributed by atoms with Gasteiger partial charge in [-0.25, -0.2) is 4.98 Å². The molecule has 1 aliphatic heterocycles. The van der Waals surface area contributed by atoms with Crippen LogP contribution in [0.1, 0.15) is 42.3 Å². The summed E-state index contributed by atoms with van der Waals surface area (Å²) in [5.41, 5.74) is 9.24. The summed E-state index contributed by atoms with van der Waals surface area (Å²) < 4.78 is 43.9. The Balaban J connectivity index is 1.46. The molecule has 6 nitrogen and oxygen atoms in total. The van der Waals surface area contributed by atoms with Crippen LogP contribution in [0.5, 0.6) is 0 Å². The second-order valence-corrected chi connectivity index (χ2v) is 9.09. The number of aromatic nitrogens is 4. The molecule has 0 amide bonds. The number of alkyl halides is 3. The molecule has 1 saturated heterocycles. The van der Waals surface area contributed by atoms with E-state index in [1.807, 2.05) is 24.3 Å². The van der Waals surface area contributed by atoms with Gasteiger partial charge in [-0.15, -0.1) is 10.2 Å². The zero-order chi connectivity index (χ0) is 22.7. The summed E-state index contributed by atoms with van der Waals surface area (Å²) in [6.07, 6.45) is -0.0723. The number of benzene rings is 1. The minimum Gasteiger partial charge on any atom is -0.326 e. The average Bonchev–Trinajstić information content (AvgIpc) is 3.41. The Morgan fingerprint density at radius 1 is 1.00 bits per heavy atom. The summed E-state index contributed by atoms with van der Waals surface area (Å²) >= 11 is 0. The molecule has 33 heavy (non-hydrogen) atoms. The molecule has 2 fully saturated rings. The highest BCUT2D eigenvalue weighted by Gasteiger charge is 2.46. The lowest BCUT2D eigenvalue weighted by Crippen LogP contribution is -2.38. The summed E-state index contributed by atoms with van der Waals surface area (Å²) in [7, 11) is 0. The summed E-state index contributed by atoms with van der Waals surface area (Å²) in [5, 5.41) is 9.49. The zero-order valence-corrected chi connectivity index (χ0v) is 17.8. The van der Waals surface area contributed by atoms with Gasteiger partial charge in [-0.3, -0.25) is 9.30 Å². The third-order valence-corrected chi connectivity index (χ3v) is 6.67. The number of hydrogen-bond donors (Lipinski definition) is 1. The molecule has 2 aliphatic rings. The maximum atomic E-state index is 14.1. The predicted molar refractivity (Wildman–Crippen MR) is 119 cm³/mol. The number of halogens is 3. The first-order valence-corrected chi connectivity index (χ1v) is 11.2. The van der Waals surface area contributed by atoms with E-state index in [2.05, 4.69) is 16.3 Å². The van der Waals surface area contributed by atoms with Crippen LogP contribution >= 0.6 is 0 Å². The van der Waals surface area contributed by atoms with E-state index in [0.717, 1.165) is 23.7 Å². The van der Waals surface area contributed by atoms with E-state index < -0.39 is 12.2 Å². The zero-order valence-electron chi connectivity index (χ0n) is 17.8. The van der Waals surface area contributed by atoms with Crippen molar-refractivity contribution < 1.29 is 13.2 Å². The molecule has 0 unspecified atom stereocenters. The molecule has 1 saturated carbocycles. The second-order valence-electron chi connectivity index (χ2n) is 9.09.